The molecule has 1 fully saturated rings. The Bertz CT molecular complexity index is 1570. The molecule has 0 spiro atoms. The van der Waals surface area contributed by atoms with E-state index in [1.165, 1.54) is 18.3 Å². The Kier molecular flexibility index (Phi) is 7.50. The van der Waals surface area contributed by atoms with Crippen LogP contribution in [0.15, 0.2) is 101 Å². The van der Waals surface area contributed by atoms with Gasteiger partial charge in [0.25, 0.3) is 11.7 Å². The highest BCUT2D eigenvalue weighted by Gasteiger charge is 2.46. The Balaban J connectivity index is 1.47. The largest absolute Gasteiger partial charge is 0.507 e. The van der Waals surface area contributed by atoms with Crippen LogP contribution in [-0.2, 0) is 27.5 Å². The van der Waals surface area contributed by atoms with Crippen molar-refractivity contribution in [3.63, 3.8) is 0 Å². The average molecular weight is 538 g/mol. The molecule has 202 valence electrons. The molecule has 2 heterocycles. The summed E-state index contributed by atoms with van der Waals surface area (Å²) in [5, 5.41) is 11.3. The predicted molar refractivity (Wildman–Crippen MR) is 146 cm³/mol. The second-order valence-corrected chi connectivity index (χ2v) is 9.42. The molecule has 1 aliphatic rings. The first-order valence-electron chi connectivity index (χ1n) is 12.6. The number of ketones is 1. The van der Waals surface area contributed by atoms with Crippen LogP contribution in [0, 0.1) is 6.92 Å². The number of benzene rings is 3. The van der Waals surface area contributed by atoms with E-state index in [9.17, 15) is 19.5 Å². The second-order valence-electron chi connectivity index (χ2n) is 9.42. The minimum atomic E-state index is -0.908. The topological polar surface area (TPSA) is 106 Å². The minimum Gasteiger partial charge on any atom is -0.507 e. The Labute approximate surface area is 231 Å². The van der Waals surface area contributed by atoms with Crippen LogP contribution in [0.3, 0.4) is 0 Å². The van der Waals surface area contributed by atoms with Gasteiger partial charge in [0, 0.05) is 5.56 Å². The summed E-state index contributed by atoms with van der Waals surface area (Å²) in [5.41, 5.74) is 3.32. The minimum absolute atomic E-state index is 0.0174. The van der Waals surface area contributed by atoms with E-state index in [2.05, 4.69) is 0 Å². The third-order valence-corrected chi connectivity index (χ3v) is 6.71. The number of esters is 1. The first-order valence-corrected chi connectivity index (χ1v) is 12.6. The van der Waals surface area contributed by atoms with Gasteiger partial charge in [-0.1, -0.05) is 42.0 Å². The fourth-order valence-corrected chi connectivity index (χ4v) is 4.71. The summed E-state index contributed by atoms with van der Waals surface area (Å²) >= 11 is 0. The standard InChI is InChI=1S/C32H27NO7/c1-20-5-3-6-21(17-20)19-40-25-14-12-23(13-15-25)29(34)27-28(22-8-10-24(11-9-22)32(37)38-2)33(31(36)30(27)35)18-26-7-4-16-39-26/h3-17,28,34H,18-19H2,1-2H3/b29-27+. The summed E-state index contributed by atoms with van der Waals surface area (Å²) < 4.78 is 16.1. The number of methoxy groups -OCH3 is 1. The van der Waals surface area contributed by atoms with Crippen LogP contribution in [0.4, 0.5) is 0 Å². The number of rotatable bonds is 8. The molecule has 1 amide bonds. The molecule has 8 heteroatoms. The molecule has 8 nitrogen and oxygen atoms in total. The van der Waals surface area contributed by atoms with Gasteiger partial charge >= 0.3 is 5.97 Å². The highest BCUT2D eigenvalue weighted by atomic mass is 16.5. The fourth-order valence-electron chi connectivity index (χ4n) is 4.71. The zero-order valence-corrected chi connectivity index (χ0v) is 22.0. The van der Waals surface area contributed by atoms with Crippen LogP contribution in [0.5, 0.6) is 5.75 Å². The van der Waals surface area contributed by atoms with E-state index in [1.54, 1.807) is 60.7 Å². The molecule has 1 aliphatic heterocycles. The monoisotopic (exact) mass is 537 g/mol. The van der Waals surface area contributed by atoms with Gasteiger partial charge in [0.1, 0.15) is 23.9 Å². The number of carbonyl (C=O) groups excluding carboxylic acids is 3. The van der Waals surface area contributed by atoms with Crippen molar-refractivity contribution in [3.05, 3.63) is 130 Å². The molecule has 1 N–H and O–H groups in total. The number of hydrogen-bond donors (Lipinski definition) is 1. The number of ether oxygens (including phenoxy) is 2. The predicted octanol–water partition coefficient (Wildman–Crippen LogP) is 5.58. The normalized spacial score (nSPS) is 16.2. The van der Waals surface area contributed by atoms with Crippen molar-refractivity contribution in [1.29, 1.82) is 0 Å². The van der Waals surface area contributed by atoms with E-state index in [-0.39, 0.29) is 17.9 Å². The van der Waals surface area contributed by atoms with Gasteiger partial charge in [0.05, 0.1) is 37.1 Å². The van der Waals surface area contributed by atoms with Crippen molar-refractivity contribution < 1.29 is 33.4 Å². The van der Waals surface area contributed by atoms with Gasteiger partial charge in [-0.15, -0.1) is 0 Å². The molecule has 0 saturated carbocycles. The van der Waals surface area contributed by atoms with Crippen molar-refractivity contribution in [2.75, 3.05) is 7.11 Å². The van der Waals surface area contributed by atoms with Crippen LogP contribution < -0.4 is 4.74 Å². The number of amides is 1. The maximum absolute atomic E-state index is 13.3. The lowest BCUT2D eigenvalue weighted by Crippen LogP contribution is -2.29. The van der Waals surface area contributed by atoms with Gasteiger partial charge in [0.15, 0.2) is 0 Å². The molecule has 0 bridgehead atoms. The van der Waals surface area contributed by atoms with Gasteiger partial charge in [0.2, 0.25) is 0 Å². The van der Waals surface area contributed by atoms with Crippen molar-refractivity contribution in [1.82, 2.24) is 4.90 Å². The quantitative estimate of drug-likeness (QED) is 0.135. The van der Waals surface area contributed by atoms with E-state index in [0.29, 0.717) is 34.8 Å². The van der Waals surface area contributed by atoms with Crippen LogP contribution in [-0.4, -0.2) is 34.8 Å². The van der Waals surface area contributed by atoms with Crippen LogP contribution in [0.2, 0.25) is 0 Å². The van der Waals surface area contributed by atoms with Gasteiger partial charge in [-0.2, -0.15) is 0 Å². The van der Waals surface area contributed by atoms with Crippen LogP contribution in [0.25, 0.3) is 5.76 Å². The number of aliphatic hydroxyl groups is 1. The van der Waals surface area contributed by atoms with E-state index in [4.69, 9.17) is 13.9 Å². The Morgan fingerprint density at radius 2 is 1.68 bits per heavy atom. The molecule has 1 atom stereocenters. The number of carbonyl (C=O) groups is 3. The van der Waals surface area contributed by atoms with E-state index in [1.807, 2.05) is 31.2 Å². The third kappa shape index (κ3) is 5.37. The molecule has 1 unspecified atom stereocenters. The highest BCUT2D eigenvalue weighted by molar-refractivity contribution is 6.46. The molecule has 1 aromatic heterocycles. The summed E-state index contributed by atoms with van der Waals surface area (Å²) in [7, 11) is 1.29. The van der Waals surface area contributed by atoms with Crippen LogP contribution in [0.1, 0.15) is 44.4 Å². The Hall–Kier alpha value is -5.11. The molecular weight excluding hydrogens is 510 g/mol. The smallest absolute Gasteiger partial charge is 0.337 e. The first kappa shape index (κ1) is 26.5. The van der Waals surface area contributed by atoms with Crippen molar-refractivity contribution >= 4 is 23.4 Å². The highest BCUT2D eigenvalue weighted by Crippen LogP contribution is 2.40. The molecular formula is C32H27NO7. The van der Waals surface area contributed by atoms with E-state index in [0.717, 1.165) is 11.1 Å². The van der Waals surface area contributed by atoms with Crippen molar-refractivity contribution in [2.24, 2.45) is 0 Å². The lowest BCUT2D eigenvalue weighted by molar-refractivity contribution is -0.140. The molecule has 0 radical (unpaired) electrons. The fraction of sp³-hybridized carbons (Fsp3) is 0.156. The zero-order chi connectivity index (χ0) is 28.2. The molecule has 4 aromatic rings. The molecule has 1 saturated heterocycles. The number of likely N-dealkylation sites (tertiary alicyclic amines) is 1. The van der Waals surface area contributed by atoms with Gasteiger partial charge in [-0.25, -0.2) is 4.79 Å². The Morgan fingerprint density at radius 1 is 0.950 bits per heavy atom. The molecule has 3 aromatic carbocycles. The maximum atomic E-state index is 13.3. The maximum Gasteiger partial charge on any atom is 0.337 e. The third-order valence-electron chi connectivity index (χ3n) is 6.71. The number of nitrogens with zero attached hydrogens (tertiary/aromatic N) is 1. The molecule has 40 heavy (non-hydrogen) atoms. The number of Topliss-reactive ketones (excluding diaryl/α,β-unsaturated/α-hetero) is 1. The zero-order valence-electron chi connectivity index (χ0n) is 22.0. The summed E-state index contributed by atoms with van der Waals surface area (Å²) in [6.45, 7) is 2.41. The van der Waals surface area contributed by atoms with Gasteiger partial charge in [-0.3, -0.25) is 9.59 Å². The lowest BCUT2D eigenvalue weighted by Gasteiger charge is -2.24. The molecule has 5 rings (SSSR count). The van der Waals surface area contributed by atoms with Gasteiger partial charge < -0.3 is 23.9 Å². The second kappa shape index (κ2) is 11.3. The first-order chi connectivity index (χ1) is 19.4. The number of aliphatic hydroxyl groups excluding tert-OH is 1. The average Bonchev–Trinajstić information content (AvgIpc) is 3.58. The number of aryl methyl sites for hydroxylation is 1. The van der Waals surface area contributed by atoms with Crippen molar-refractivity contribution in [2.45, 2.75) is 26.1 Å². The summed E-state index contributed by atoms with van der Waals surface area (Å²) in [6.07, 6.45) is 1.48. The lowest BCUT2D eigenvalue weighted by atomic mass is 9.94. The Morgan fingerprint density at radius 3 is 2.33 bits per heavy atom. The summed E-state index contributed by atoms with van der Waals surface area (Å²) in [5.74, 6) is -1.34. The van der Waals surface area contributed by atoms with Crippen molar-refractivity contribution in [3.8, 4) is 5.75 Å². The van der Waals surface area contributed by atoms with Gasteiger partial charge in [-0.05, 0) is 66.6 Å². The summed E-state index contributed by atoms with van der Waals surface area (Å²) in [4.78, 5) is 39.7. The van der Waals surface area contributed by atoms with Crippen LogP contribution >= 0.6 is 0 Å². The summed E-state index contributed by atoms with van der Waals surface area (Å²) in [6, 6.07) is 23.5. The van der Waals surface area contributed by atoms with E-state index >= 15 is 0 Å². The number of hydrogen-bond acceptors (Lipinski definition) is 7. The SMILES string of the molecule is COC(=O)c1ccc(C2/C(=C(\O)c3ccc(OCc4cccc(C)c4)cc3)C(=O)C(=O)N2Cc2ccco2)cc1. The molecule has 0 aliphatic carbocycles. The number of furan rings is 1. The van der Waals surface area contributed by atoms with E-state index < -0.39 is 23.7 Å².